The molecule has 156 valence electrons. The molecule has 0 spiro atoms. The fourth-order valence-corrected chi connectivity index (χ4v) is 4.07. The molecule has 1 saturated heterocycles. The van der Waals surface area contributed by atoms with Gasteiger partial charge in [0.05, 0.1) is 18.7 Å². The summed E-state index contributed by atoms with van der Waals surface area (Å²) in [5.41, 5.74) is 2.64. The lowest BCUT2D eigenvalue weighted by Crippen LogP contribution is -2.30. The van der Waals surface area contributed by atoms with Crippen LogP contribution in [0, 0.1) is 6.92 Å². The van der Waals surface area contributed by atoms with Crippen LogP contribution in [0.2, 0.25) is 0 Å². The lowest BCUT2D eigenvalue weighted by Gasteiger charge is -2.27. The van der Waals surface area contributed by atoms with Gasteiger partial charge in [-0.25, -0.2) is 0 Å². The maximum absolute atomic E-state index is 13.2. The van der Waals surface area contributed by atoms with Gasteiger partial charge in [-0.2, -0.15) is 0 Å². The Labute approximate surface area is 188 Å². The monoisotopic (exact) mass is 477 g/mol. The molecule has 6 heteroatoms. The predicted octanol–water partition coefficient (Wildman–Crippen LogP) is 5.39. The molecule has 1 aliphatic rings. The Hall–Kier alpha value is -3.38. The van der Waals surface area contributed by atoms with E-state index in [0.717, 1.165) is 10.0 Å². The fraction of sp³-hybridized carbons (Fsp3) is 0.120. The Morgan fingerprint density at radius 1 is 1.00 bits per heavy atom. The number of nitrogens with zero attached hydrogens (tertiary/aromatic N) is 1. The molecule has 1 heterocycles. The molecule has 0 bridgehead atoms. The van der Waals surface area contributed by atoms with Crippen LogP contribution in [0.5, 0.6) is 5.75 Å². The summed E-state index contributed by atoms with van der Waals surface area (Å²) in [5, 5.41) is 11.1. The molecule has 1 atom stereocenters. The second kappa shape index (κ2) is 8.40. The van der Waals surface area contributed by atoms with Gasteiger partial charge >= 0.3 is 0 Å². The summed E-state index contributed by atoms with van der Waals surface area (Å²) >= 11 is 3.37. The minimum absolute atomic E-state index is 0.0452. The molecular formula is C25H20BrNO4. The van der Waals surface area contributed by atoms with Crippen LogP contribution in [0.3, 0.4) is 0 Å². The van der Waals surface area contributed by atoms with Crippen molar-refractivity contribution in [3.8, 4) is 5.75 Å². The number of hydrogen-bond acceptors (Lipinski definition) is 4. The smallest absolute Gasteiger partial charge is 0.300 e. The molecule has 0 radical (unpaired) electrons. The second-order valence-corrected chi connectivity index (χ2v) is 8.15. The van der Waals surface area contributed by atoms with Crippen LogP contribution in [-0.4, -0.2) is 23.9 Å². The van der Waals surface area contributed by atoms with Gasteiger partial charge in [-0.15, -0.1) is 0 Å². The van der Waals surface area contributed by atoms with Crippen molar-refractivity contribution in [3.05, 3.63) is 99.5 Å². The van der Waals surface area contributed by atoms with Crippen LogP contribution in [0.15, 0.2) is 82.8 Å². The summed E-state index contributed by atoms with van der Waals surface area (Å²) in [4.78, 5) is 27.8. The summed E-state index contributed by atoms with van der Waals surface area (Å²) < 4.78 is 6.20. The summed E-state index contributed by atoms with van der Waals surface area (Å²) in [6, 6.07) is 20.7. The summed E-state index contributed by atoms with van der Waals surface area (Å²) in [6.45, 7) is 1.88. The zero-order chi connectivity index (χ0) is 22.1. The van der Waals surface area contributed by atoms with Crippen molar-refractivity contribution in [2.75, 3.05) is 12.0 Å². The highest BCUT2D eigenvalue weighted by Crippen LogP contribution is 2.43. The van der Waals surface area contributed by atoms with Gasteiger partial charge in [0, 0.05) is 15.7 Å². The molecule has 3 aromatic rings. The second-order valence-electron chi connectivity index (χ2n) is 7.24. The van der Waals surface area contributed by atoms with E-state index in [0.29, 0.717) is 22.6 Å². The molecule has 1 amide bonds. The minimum atomic E-state index is -0.792. The quantitative estimate of drug-likeness (QED) is 0.310. The number of anilines is 1. The number of Topliss-reactive ketones (excluding diaryl/α,β-unsaturated/α-hetero) is 1. The van der Waals surface area contributed by atoms with E-state index in [4.69, 9.17) is 4.74 Å². The third-order valence-electron chi connectivity index (χ3n) is 5.35. The van der Waals surface area contributed by atoms with E-state index in [1.807, 2.05) is 31.2 Å². The number of ether oxygens (including phenoxy) is 1. The van der Waals surface area contributed by atoms with Crippen molar-refractivity contribution in [3.63, 3.8) is 0 Å². The molecule has 0 aliphatic carbocycles. The van der Waals surface area contributed by atoms with E-state index in [9.17, 15) is 14.7 Å². The van der Waals surface area contributed by atoms with E-state index >= 15 is 0 Å². The molecule has 31 heavy (non-hydrogen) atoms. The van der Waals surface area contributed by atoms with Gasteiger partial charge < -0.3 is 9.84 Å². The third-order valence-corrected chi connectivity index (χ3v) is 5.88. The van der Waals surface area contributed by atoms with Gasteiger partial charge in [-0.3, -0.25) is 14.5 Å². The van der Waals surface area contributed by atoms with Crippen LogP contribution in [0.1, 0.15) is 22.7 Å². The van der Waals surface area contributed by atoms with Gasteiger partial charge in [-0.05, 0) is 48.4 Å². The first-order chi connectivity index (χ1) is 14.9. The molecule has 4 rings (SSSR count). The fourth-order valence-electron chi connectivity index (χ4n) is 3.80. The Morgan fingerprint density at radius 2 is 1.71 bits per heavy atom. The number of carbonyl (C=O) groups excluding carboxylic acids is 2. The minimum Gasteiger partial charge on any atom is -0.507 e. The van der Waals surface area contributed by atoms with Gasteiger partial charge in [0.25, 0.3) is 11.7 Å². The maximum atomic E-state index is 13.2. The predicted molar refractivity (Wildman–Crippen MR) is 123 cm³/mol. The third kappa shape index (κ3) is 3.75. The lowest BCUT2D eigenvalue weighted by molar-refractivity contribution is -0.132. The highest BCUT2D eigenvalue weighted by atomic mass is 79.9. The molecule has 0 aromatic heterocycles. The molecule has 1 N–H and O–H groups in total. The lowest BCUT2D eigenvalue weighted by atomic mass is 9.94. The molecular weight excluding hydrogens is 458 g/mol. The highest BCUT2D eigenvalue weighted by molar-refractivity contribution is 9.10. The number of hydrogen-bond donors (Lipinski definition) is 1. The number of aliphatic hydroxyl groups excluding tert-OH is 1. The number of rotatable bonds is 4. The number of ketones is 1. The summed E-state index contributed by atoms with van der Waals surface area (Å²) in [7, 11) is 1.55. The Balaban J connectivity index is 1.97. The van der Waals surface area contributed by atoms with Crippen LogP contribution >= 0.6 is 15.9 Å². The largest absolute Gasteiger partial charge is 0.507 e. The van der Waals surface area contributed by atoms with Gasteiger partial charge in [-0.1, -0.05) is 58.4 Å². The average Bonchev–Trinajstić information content (AvgIpc) is 3.05. The molecule has 1 fully saturated rings. The van der Waals surface area contributed by atoms with E-state index in [1.165, 1.54) is 4.90 Å². The normalized spacial score (nSPS) is 17.8. The zero-order valence-corrected chi connectivity index (χ0v) is 18.6. The molecule has 0 saturated carbocycles. The number of benzene rings is 3. The molecule has 1 aliphatic heterocycles. The maximum Gasteiger partial charge on any atom is 0.300 e. The number of halogens is 1. The first-order valence-electron chi connectivity index (χ1n) is 9.69. The van der Waals surface area contributed by atoms with Crippen molar-refractivity contribution in [2.45, 2.75) is 13.0 Å². The van der Waals surface area contributed by atoms with E-state index in [2.05, 4.69) is 15.9 Å². The van der Waals surface area contributed by atoms with Crippen molar-refractivity contribution in [1.82, 2.24) is 0 Å². The van der Waals surface area contributed by atoms with Crippen molar-refractivity contribution in [1.29, 1.82) is 0 Å². The van der Waals surface area contributed by atoms with Gasteiger partial charge in [0.15, 0.2) is 0 Å². The highest BCUT2D eigenvalue weighted by Gasteiger charge is 2.47. The van der Waals surface area contributed by atoms with Crippen LogP contribution in [-0.2, 0) is 9.59 Å². The number of amides is 1. The number of aryl methyl sites for hydroxylation is 1. The van der Waals surface area contributed by atoms with E-state index in [-0.39, 0.29) is 11.3 Å². The molecule has 5 nitrogen and oxygen atoms in total. The van der Waals surface area contributed by atoms with Gasteiger partial charge in [0.2, 0.25) is 0 Å². The van der Waals surface area contributed by atoms with Crippen LogP contribution < -0.4 is 9.64 Å². The molecule has 1 unspecified atom stereocenters. The van der Waals surface area contributed by atoms with Gasteiger partial charge in [0.1, 0.15) is 11.5 Å². The number of carbonyl (C=O) groups is 2. The van der Waals surface area contributed by atoms with E-state index in [1.54, 1.807) is 55.6 Å². The average molecular weight is 478 g/mol. The number of aliphatic hydroxyl groups is 1. The Morgan fingerprint density at radius 3 is 2.39 bits per heavy atom. The number of para-hydroxylation sites is 1. The summed E-state index contributed by atoms with van der Waals surface area (Å²) in [5.74, 6) is -1.02. The van der Waals surface area contributed by atoms with Crippen molar-refractivity contribution >= 4 is 39.1 Å². The van der Waals surface area contributed by atoms with Crippen molar-refractivity contribution < 1.29 is 19.4 Å². The van der Waals surface area contributed by atoms with Crippen molar-refractivity contribution in [2.24, 2.45) is 0 Å². The molecule has 3 aromatic carbocycles. The topological polar surface area (TPSA) is 66.8 Å². The van der Waals surface area contributed by atoms with E-state index < -0.39 is 17.7 Å². The first-order valence-corrected chi connectivity index (χ1v) is 10.5. The number of methoxy groups -OCH3 is 1. The summed E-state index contributed by atoms with van der Waals surface area (Å²) in [6.07, 6.45) is 0. The first kappa shape index (κ1) is 20.9. The van der Waals surface area contributed by atoms with Crippen LogP contribution in [0.4, 0.5) is 5.69 Å². The van der Waals surface area contributed by atoms with Crippen LogP contribution in [0.25, 0.3) is 5.76 Å². The Bertz CT molecular complexity index is 1200. The zero-order valence-electron chi connectivity index (χ0n) is 17.0. The Kier molecular flexibility index (Phi) is 5.65. The standard InChI is InChI=1S/C25H20BrNO4/c1-15-6-3-4-9-20(15)27-22(17-7-5-8-19(14-17)31-2)21(24(29)25(27)30)23(28)16-10-12-18(26)13-11-16/h3-14,22,28H,1-2H3/b23-21-. The SMILES string of the molecule is COc1cccc(C2/C(=C(/O)c3ccc(Br)cc3)C(=O)C(=O)N2c2ccccc2C)c1.